The van der Waals surface area contributed by atoms with Crippen LogP contribution in [0.15, 0.2) is 0 Å². The fourth-order valence-corrected chi connectivity index (χ4v) is 1.75. The van der Waals surface area contributed by atoms with Gasteiger partial charge in [0.2, 0.25) is 0 Å². The third kappa shape index (κ3) is 3.10. The number of nitrogens with one attached hydrogen (secondary N) is 1. The number of rotatable bonds is 3. The Labute approximate surface area is 74.7 Å². The molecule has 0 aromatic carbocycles. The summed E-state index contributed by atoms with van der Waals surface area (Å²) < 4.78 is 13.2. The minimum atomic E-state index is -0.600. The fourth-order valence-electron chi connectivity index (χ4n) is 1.75. The molecule has 2 heteroatoms. The van der Waals surface area contributed by atoms with E-state index in [1.54, 1.807) is 0 Å². The van der Waals surface area contributed by atoms with Crippen LogP contribution in [-0.2, 0) is 0 Å². The molecule has 0 saturated carbocycles. The van der Waals surface area contributed by atoms with Crippen molar-refractivity contribution in [3.8, 4) is 0 Å². The summed E-state index contributed by atoms with van der Waals surface area (Å²) in [5.74, 6) is 1.04. The summed E-state index contributed by atoms with van der Waals surface area (Å²) in [5, 5.41) is 3.08. The molecule has 0 radical (unpaired) electrons. The minimum Gasteiger partial charge on any atom is -0.314 e. The third-order valence-corrected chi connectivity index (χ3v) is 2.66. The van der Waals surface area contributed by atoms with Gasteiger partial charge >= 0.3 is 0 Å². The number of piperidine rings is 1. The molecule has 0 bridgehead atoms. The van der Waals surface area contributed by atoms with Crippen LogP contribution >= 0.6 is 0 Å². The van der Waals surface area contributed by atoms with Crippen LogP contribution in [0.5, 0.6) is 0 Å². The maximum absolute atomic E-state index is 13.2. The molecule has 0 aromatic heterocycles. The Morgan fingerprint density at radius 1 is 1.50 bits per heavy atom. The van der Waals surface area contributed by atoms with E-state index in [0.29, 0.717) is 18.4 Å². The maximum atomic E-state index is 13.2. The van der Waals surface area contributed by atoms with Gasteiger partial charge in [-0.3, -0.25) is 0 Å². The van der Waals surface area contributed by atoms with Crippen LogP contribution in [0.2, 0.25) is 0 Å². The third-order valence-electron chi connectivity index (χ3n) is 2.66. The summed E-state index contributed by atoms with van der Waals surface area (Å²) >= 11 is 0. The molecule has 1 N–H and O–H groups in total. The first-order valence-corrected chi connectivity index (χ1v) is 5.05. The molecule has 1 aliphatic rings. The van der Waals surface area contributed by atoms with Crippen molar-refractivity contribution in [2.45, 2.75) is 39.3 Å². The zero-order chi connectivity index (χ0) is 8.97. The number of alkyl halides is 1. The summed E-state index contributed by atoms with van der Waals surface area (Å²) in [6.45, 7) is 5.98. The molecule has 1 saturated heterocycles. The van der Waals surface area contributed by atoms with Crippen LogP contribution in [0.1, 0.15) is 33.1 Å². The average molecular weight is 173 g/mol. The minimum absolute atomic E-state index is 0.327. The average Bonchev–Trinajstić information content (AvgIpc) is 2.03. The molecule has 2 unspecified atom stereocenters. The highest BCUT2D eigenvalue weighted by Crippen LogP contribution is 2.22. The molecular formula is C10H20FN. The molecular weight excluding hydrogens is 153 g/mol. The van der Waals surface area contributed by atoms with Crippen molar-refractivity contribution >= 4 is 0 Å². The second-order valence-corrected chi connectivity index (χ2v) is 4.24. The Morgan fingerprint density at radius 3 is 2.83 bits per heavy atom. The van der Waals surface area contributed by atoms with E-state index in [1.165, 1.54) is 6.42 Å². The molecule has 2 atom stereocenters. The van der Waals surface area contributed by atoms with Gasteiger partial charge in [0.1, 0.15) is 6.17 Å². The molecule has 0 spiro atoms. The number of hydrogen-bond donors (Lipinski definition) is 1. The van der Waals surface area contributed by atoms with Gasteiger partial charge in [0, 0.05) is 6.54 Å². The van der Waals surface area contributed by atoms with Crippen molar-refractivity contribution in [1.29, 1.82) is 0 Å². The van der Waals surface area contributed by atoms with E-state index in [-0.39, 0.29) is 0 Å². The molecule has 1 aliphatic heterocycles. The quantitative estimate of drug-likeness (QED) is 0.691. The number of hydrogen-bond acceptors (Lipinski definition) is 1. The zero-order valence-corrected chi connectivity index (χ0v) is 8.15. The highest BCUT2D eigenvalue weighted by molar-refractivity contribution is 4.77. The topological polar surface area (TPSA) is 12.0 Å². The van der Waals surface area contributed by atoms with E-state index in [9.17, 15) is 4.39 Å². The van der Waals surface area contributed by atoms with Gasteiger partial charge in [-0.2, -0.15) is 0 Å². The van der Waals surface area contributed by atoms with Crippen molar-refractivity contribution in [2.24, 2.45) is 11.8 Å². The summed E-state index contributed by atoms with van der Waals surface area (Å²) in [7, 11) is 0. The van der Waals surface area contributed by atoms with Crippen LogP contribution < -0.4 is 5.32 Å². The molecule has 0 aromatic rings. The molecule has 0 aliphatic carbocycles. The van der Waals surface area contributed by atoms with Gasteiger partial charge < -0.3 is 5.32 Å². The standard InChI is InChI=1S/C10H20FN/c1-8(2)3-4-9-5-6-12-7-10(9)11/h8-10,12H,3-7H2,1-2H3. The first kappa shape index (κ1) is 9.97. The zero-order valence-electron chi connectivity index (χ0n) is 8.15. The fraction of sp³-hybridized carbons (Fsp3) is 1.00. The molecule has 0 amide bonds. The van der Waals surface area contributed by atoms with Gasteiger partial charge in [-0.15, -0.1) is 0 Å². The Morgan fingerprint density at radius 2 is 2.25 bits per heavy atom. The highest BCUT2D eigenvalue weighted by Gasteiger charge is 2.23. The first-order valence-electron chi connectivity index (χ1n) is 5.05. The largest absolute Gasteiger partial charge is 0.314 e. The first-order chi connectivity index (χ1) is 5.70. The highest BCUT2D eigenvalue weighted by atomic mass is 19.1. The maximum Gasteiger partial charge on any atom is 0.115 e. The SMILES string of the molecule is CC(C)CCC1CCNCC1F. The van der Waals surface area contributed by atoms with Crippen molar-refractivity contribution in [2.75, 3.05) is 13.1 Å². The predicted molar refractivity (Wildman–Crippen MR) is 49.9 cm³/mol. The van der Waals surface area contributed by atoms with Gasteiger partial charge in [-0.25, -0.2) is 4.39 Å². The van der Waals surface area contributed by atoms with Gasteiger partial charge in [0.15, 0.2) is 0 Å². The Bertz CT molecular complexity index is 125. The van der Waals surface area contributed by atoms with E-state index in [1.807, 2.05) is 0 Å². The normalized spacial score (nSPS) is 31.0. The van der Waals surface area contributed by atoms with E-state index < -0.39 is 6.17 Å². The summed E-state index contributed by atoms with van der Waals surface area (Å²) in [6, 6.07) is 0. The Hall–Kier alpha value is -0.110. The van der Waals surface area contributed by atoms with Crippen LogP contribution in [-0.4, -0.2) is 19.3 Å². The monoisotopic (exact) mass is 173 g/mol. The van der Waals surface area contributed by atoms with Gasteiger partial charge in [-0.1, -0.05) is 20.3 Å². The molecule has 1 rings (SSSR count). The van der Waals surface area contributed by atoms with E-state index in [2.05, 4.69) is 19.2 Å². The van der Waals surface area contributed by atoms with Crippen LogP contribution in [0.3, 0.4) is 0 Å². The molecule has 1 fully saturated rings. The van der Waals surface area contributed by atoms with Crippen molar-refractivity contribution in [1.82, 2.24) is 5.32 Å². The lowest BCUT2D eigenvalue weighted by Crippen LogP contribution is -2.38. The van der Waals surface area contributed by atoms with Crippen molar-refractivity contribution < 1.29 is 4.39 Å². The van der Waals surface area contributed by atoms with Gasteiger partial charge in [0.05, 0.1) is 0 Å². The van der Waals surface area contributed by atoms with E-state index in [0.717, 1.165) is 19.4 Å². The molecule has 72 valence electrons. The van der Waals surface area contributed by atoms with Crippen LogP contribution in [0.4, 0.5) is 4.39 Å². The second-order valence-electron chi connectivity index (χ2n) is 4.24. The van der Waals surface area contributed by atoms with Gasteiger partial charge in [0.25, 0.3) is 0 Å². The Kier molecular flexibility index (Phi) is 3.99. The smallest absolute Gasteiger partial charge is 0.115 e. The summed E-state index contributed by atoms with van der Waals surface area (Å²) in [6.07, 6.45) is 2.66. The lowest BCUT2D eigenvalue weighted by Gasteiger charge is -2.27. The summed E-state index contributed by atoms with van der Waals surface area (Å²) in [4.78, 5) is 0. The molecule has 12 heavy (non-hydrogen) atoms. The lowest BCUT2D eigenvalue weighted by molar-refractivity contribution is 0.165. The Balaban J connectivity index is 2.20. The summed E-state index contributed by atoms with van der Waals surface area (Å²) in [5.41, 5.74) is 0. The van der Waals surface area contributed by atoms with Crippen molar-refractivity contribution in [3.05, 3.63) is 0 Å². The van der Waals surface area contributed by atoms with Gasteiger partial charge in [-0.05, 0) is 31.2 Å². The number of halogens is 1. The van der Waals surface area contributed by atoms with Crippen molar-refractivity contribution in [3.63, 3.8) is 0 Å². The second kappa shape index (κ2) is 4.80. The molecule has 1 nitrogen and oxygen atoms in total. The van der Waals surface area contributed by atoms with E-state index >= 15 is 0 Å². The lowest BCUT2D eigenvalue weighted by atomic mass is 9.89. The van der Waals surface area contributed by atoms with Crippen LogP contribution in [0.25, 0.3) is 0 Å². The van der Waals surface area contributed by atoms with E-state index in [4.69, 9.17) is 0 Å². The van der Waals surface area contributed by atoms with Crippen LogP contribution in [0, 0.1) is 11.8 Å². The predicted octanol–water partition coefficient (Wildman–Crippen LogP) is 2.37. The molecule has 1 heterocycles.